The van der Waals surface area contributed by atoms with Crippen molar-refractivity contribution in [2.75, 3.05) is 7.11 Å². The van der Waals surface area contributed by atoms with E-state index in [1.807, 2.05) is 36.4 Å². The predicted octanol–water partition coefficient (Wildman–Crippen LogP) is 4.61. The molecule has 1 N–H and O–H groups in total. The second kappa shape index (κ2) is 8.34. The second-order valence-corrected chi connectivity index (χ2v) is 8.04. The molecule has 2 unspecified atom stereocenters. The van der Waals surface area contributed by atoms with Crippen molar-refractivity contribution in [2.45, 2.75) is 32.2 Å². The van der Waals surface area contributed by atoms with Crippen LogP contribution >= 0.6 is 0 Å². The van der Waals surface area contributed by atoms with Gasteiger partial charge in [-0.1, -0.05) is 42.0 Å². The van der Waals surface area contributed by atoms with E-state index in [-0.39, 0.29) is 17.4 Å². The van der Waals surface area contributed by atoms with Gasteiger partial charge in [-0.05, 0) is 49.6 Å². The number of aromatic nitrogens is 1. The fourth-order valence-electron chi connectivity index (χ4n) is 4.91. The fraction of sp³-hybridized carbons (Fsp3) is 0.269. The zero-order chi connectivity index (χ0) is 22.0. The van der Waals surface area contributed by atoms with Crippen molar-refractivity contribution in [3.05, 3.63) is 98.5 Å². The number of hydrogen-bond donors (Lipinski definition) is 1. The summed E-state index contributed by atoms with van der Waals surface area (Å²) in [5, 5.41) is 0. The van der Waals surface area contributed by atoms with Gasteiger partial charge in [-0.15, -0.1) is 0 Å². The zero-order valence-electron chi connectivity index (χ0n) is 18.0. The molecule has 2 aromatic rings. The number of pyridine rings is 1. The quantitative estimate of drug-likeness (QED) is 0.451. The molecule has 2 atom stereocenters. The smallest absolute Gasteiger partial charge is 0.338 e. The molecule has 4 rings (SSSR count). The summed E-state index contributed by atoms with van der Waals surface area (Å²) in [6.45, 7) is 4.20. The number of aromatic amines is 1. The van der Waals surface area contributed by atoms with E-state index in [1.165, 1.54) is 18.3 Å². The average Bonchev–Trinajstić information content (AvgIpc) is 2.75. The van der Waals surface area contributed by atoms with Crippen LogP contribution in [-0.2, 0) is 16.7 Å². The van der Waals surface area contributed by atoms with Gasteiger partial charge in [0.1, 0.15) is 5.54 Å². The highest BCUT2D eigenvalue weighted by molar-refractivity contribution is 5.94. The van der Waals surface area contributed by atoms with Crippen LogP contribution in [0.15, 0.2) is 75.6 Å². The molecule has 5 nitrogen and oxygen atoms in total. The SMILES string of the molecule is CC=C1C2C=C(C)CC1(N=CC=Cc1ccccc1C(=O)OC)c1ccc(=O)[nH]c1C2. The summed E-state index contributed by atoms with van der Waals surface area (Å²) in [5.74, 6) is -0.140. The summed E-state index contributed by atoms with van der Waals surface area (Å²) >= 11 is 0. The molecule has 0 spiro atoms. The number of fused-ring (bicyclic) bond motifs is 4. The van der Waals surface area contributed by atoms with Crippen molar-refractivity contribution < 1.29 is 9.53 Å². The Labute approximate surface area is 181 Å². The van der Waals surface area contributed by atoms with Crippen LogP contribution in [0.2, 0.25) is 0 Å². The number of esters is 1. The Balaban J connectivity index is 1.75. The molecule has 2 bridgehead atoms. The highest BCUT2D eigenvalue weighted by Crippen LogP contribution is 2.51. The molecule has 31 heavy (non-hydrogen) atoms. The third-order valence-electron chi connectivity index (χ3n) is 6.10. The maximum atomic E-state index is 12.0. The Morgan fingerprint density at radius 3 is 2.84 bits per heavy atom. The van der Waals surface area contributed by atoms with Gasteiger partial charge >= 0.3 is 5.97 Å². The van der Waals surface area contributed by atoms with Crippen LogP contribution in [0.25, 0.3) is 6.08 Å². The maximum absolute atomic E-state index is 12.0. The second-order valence-electron chi connectivity index (χ2n) is 8.04. The van der Waals surface area contributed by atoms with Crippen LogP contribution < -0.4 is 5.56 Å². The lowest BCUT2D eigenvalue weighted by Crippen LogP contribution is -2.40. The Morgan fingerprint density at radius 1 is 1.26 bits per heavy atom. The normalized spacial score (nSPS) is 23.8. The molecular weight excluding hydrogens is 388 g/mol. The van der Waals surface area contributed by atoms with E-state index in [1.54, 1.807) is 18.3 Å². The number of benzene rings is 1. The molecule has 0 saturated carbocycles. The van der Waals surface area contributed by atoms with Crippen molar-refractivity contribution in [3.8, 4) is 0 Å². The lowest BCUT2D eigenvalue weighted by atomic mass is 9.63. The number of methoxy groups -OCH3 is 1. The van der Waals surface area contributed by atoms with Gasteiger partial charge in [0.05, 0.1) is 12.7 Å². The van der Waals surface area contributed by atoms with E-state index in [2.05, 4.69) is 31.0 Å². The van der Waals surface area contributed by atoms with Crippen LogP contribution in [-0.4, -0.2) is 24.3 Å². The standard InChI is InChI=1S/C26H26N2O3/c1-4-21-19-14-17(2)16-26(21,22-11-12-24(29)28-23(22)15-19)27-13-7-9-18-8-5-6-10-20(18)25(30)31-3/h4-14,19H,15-16H2,1-3H3,(H,28,29). The average molecular weight is 415 g/mol. The van der Waals surface area contributed by atoms with Gasteiger partial charge in [0.15, 0.2) is 0 Å². The molecule has 0 saturated heterocycles. The van der Waals surface area contributed by atoms with Gasteiger partial charge in [-0.25, -0.2) is 4.79 Å². The summed E-state index contributed by atoms with van der Waals surface area (Å²) < 4.78 is 4.87. The van der Waals surface area contributed by atoms with Gasteiger partial charge in [0.25, 0.3) is 0 Å². The molecule has 2 aliphatic rings. The Kier molecular flexibility index (Phi) is 5.59. The minimum absolute atomic E-state index is 0.0834. The van der Waals surface area contributed by atoms with E-state index >= 15 is 0 Å². The van der Waals surface area contributed by atoms with E-state index in [0.29, 0.717) is 5.56 Å². The lowest BCUT2D eigenvalue weighted by molar-refractivity contribution is 0.0600. The molecule has 0 aliphatic heterocycles. The Hall–Kier alpha value is -3.47. The van der Waals surface area contributed by atoms with E-state index < -0.39 is 5.54 Å². The largest absolute Gasteiger partial charge is 0.465 e. The Bertz CT molecular complexity index is 1200. The van der Waals surface area contributed by atoms with Gasteiger partial charge in [-0.2, -0.15) is 0 Å². The number of carbonyl (C=O) groups excluding carboxylic acids is 1. The number of nitrogens with one attached hydrogen (secondary N) is 1. The van der Waals surface area contributed by atoms with Crippen LogP contribution in [0, 0.1) is 5.92 Å². The first-order valence-electron chi connectivity index (χ1n) is 10.4. The highest BCUT2D eigenvalue weighted by Gasteiger charge is 2.46. The molecule has 0 amide bonds. The molecule has 158 valence electrons. The van der Waals surface area contributed by atoms with E-state index in [0.717, 1.165) is 29.7 Å². The maximum Gasteiger partial charge on any atom is 0.338 e. The number of rotatable bonds is 4. The summed E-state index contributed by atoms with van der Waals surface area (Å²) in [4.78, 5) is 32.0. The molecule has 1 heterocycles. The molecule has 5 heteroatoms. The van der Waals surface area contributed by atoms with Crippen molar-refractivity contribution in [1.82, 2.24) is 4.98 Å². The van der Waals surface area contributed by atoms with Crippen molar-refractivity contribution in [2.24, 2.45) is 10.9 Å². The summed E-state index contributed by atoms with van der Waals surface area (Å²) in [6, 6.07) is 10.8. The van der Waals surface area contributed by atoms with Crippen LogP contribution in [0.5, 0.6) is 0 Å². The number of hydrogen-bond acceptors (Lipinski definition) is 4. The summed E-state index contributed by atoms with van der Waals surface area (Å²) in [5.41, 5.74) is 5.26. The first-order valence-corrected chi connectivity index (χ1v) is 10.4. The number of nitrogens with zero attached hydrogens (tertiary/aromatic N) is 1. The minimum atomic E-state index is -0.526. The highest BCUT2D eigenvalue weighted by atomic mass is 16.5. The first kappa shape index (κ1) is 20.8. The molecule has 2 aliphatic carbocycles. The number of carbonyl (C=O) groups is 1. The molecule has 1 aromatic carbocycles. The lowest BCUT2D eigenvalue weighted by Gasteiger charge is -2.45. The van der Waals surface area contributed by atoms with Gasteiger partial charge in [0.2, 0.25) is 5.56 Å². The third kappa shape index (κ3) is 3.72. The number of allylic oxidation sites excluding steroid dienone is 3. The molecule has 0 fully saturated rings. The first-order chi connectivity index (χ1) is 15.0. The van der Waals surface area contributed by atoms with Crippen molar-refractivity contribution in [1.29, 1.82) is 0 Å². The van der Waals surface area contributed by atoms with Crippen molar-refractivity contribution >= 4 is 18.3 Å². The van der Waals surface area contributed by atoms with Crippen LogP contribution in [0.1, 0.15) is 47.4 Å². The molecule has 0 radical (unpaired) electrons. The Morgan fingerprint density at radius 2 is 2.06 bits per heavy atom. The van der Waals surface area contributed by atoms with Crippen molar-refractivity contribution in [3.63, 3.8) is 0 Å². The number of ether oxygens (including phenoxy) is 1. The van der Waals surface area contributed by atoms with Crippen LogP contribution in [0.3, 0.4) is 0 Å². The van der Waals surface area contributed by atoms with E-state index in [4.69, 9.17) is 9.73 Å². The molecular formula is C26H26N2O3. The molecule has 1 aromatic heterocycles. The zero-order valence-corrected chi connectivity index (χ0v) is 18.0. The predicted molar refractivity (Wildman–Crippen MR) is 123 cm³/mol. The summed E-state index contributed by atoms with van der Waals surface area (Å²) in [7, 11) is 1.38. The topological polar surface area (TPSA) is 71.5 Å². The van der Waals surface area contributed by atoms with Gasteiger partial charge in [-0.3, -0.25) is 9.79 Å². The van der Waals surface area contributed by atoms with E-state index in [9.17, 15) is 9.59 Å². The van der Waals surface area contributed by atoms with Gasteiger partial charge < -0.3 is 9.72 Å². The third-order valence-corrected chi connectivity index (χ3v) is 6.10. The van der Waals surface area contributed by atoms with Crippen LogP contribution in [0.4, 0.5) is 0 Å². The fourth-order valence-corrected chi connectivity index (χ4v) is 4.91. The number of H-pyrrole nitrogens is 1. The monoisotopic (exact) mass is 414 g/mol. The van der Waals surface area contributed by atoms with Gasteiger partial charge in [0, 0.05) is 35.9 Å². The minimum Gasteiger partial charge on any atom is -0.465 e. The summed E-state index contributed by atoms with van der Waals surface area (Å²) in [6.07, 6.45) is 11.5. The number of aliphatic imine (C=N–C) groups is 1.